The molecule has 1 aliphatic heterocycles. The van der Waals surface area contributed by atoms with Crippen LogP contribution in [0.15, 0.2) is 49.0 Å². The van der Waals surface area contributed by atoms with Crippen molar-refractivity contribution < 1.29 is 23.9 Å². The van der Waals surface area contributed by atoms with E-state index in [-0.39, 0.29) is 36.0 Å². The molecule has 0 aliphatic carbocycles. The van der Waals surface area contributed by atoms with Crippen molar-refractivity contribution in [3.63, 3.8) is 0 Å². The number of benzene rings is 2. The number of hydrogen-bond acceptors (Lipinski definition) is 5. The molecule has 6 nitrogen and oxygen atoms in total. The molecule has 0 saturated heterocycles. The van der Waals surface area contributed by atoms with Gasteiger partial charge in [-0.15, -0.1) is 0 Å². The maximum atomic E-state index is 12.0. The number of fused-ring (bicyclic) bond motifs is 1. The third kappa shape index (κ3) is 4.61. The first-order valence-electron chi connectivity index (χ1n) is 8.44. The van der Waals surface area contributed by atoms with Crippen LogP contribution < -0.4 is 14.8 Å². The minimum atomic E-state index is -0.572. The number of Topliss-reactive ketones (excluding diaryl/α,β-unsaturated/α-hetero) is 1. The molecule has 2 aromatic carbocycles. The van der Waals surface area contributed by atoms with Crippen LogP contribution in [0.2, 0.25) is 0 Å². The van der Waals surface area contributed by atoms with Gasteiger partial charge in [0.2, 0.25) is 0 Å². The molecule has 1 heterocycles. The van der Waals surface area contributed by atoms with Crippen molar-refractivity contribution in [3.8, 4) is 11.5 Å². The van der Waals surface area contributed by atoms with Gasteiger partial charge in [-0.2, -0.15) is 0 Å². The summed E-state index contributed by atoms with van der Waals surface area (Å²) in [5.41, 5.74) is 3.29. The molecule has 2 aromatic rings. The predicted molar refractivity (Wildman–Crippen MR) is 99.5 cm³/mol. The molecule has 6 heteroatoms. The second-order valence-corrected chi connectivity index (χ2v) is 6.27. The Bertz CT molecular complexity index is 915. The summed E-state index contributed by atoms with van der Waals surface area (Å²) in [6.45, 7) is 6.02. The van der Waals surface area contributed by atoms with Gasteiger partial charge in [0, 0.05) is 6.54 Å². The largest absolute Gasteiger partial charge is 0.484 e. The van der Waals surface area contributed by atoms with Crippen molar-refractivity contribution in [2.45, 2.75) is 19.9 Å². The number of carbonyl (C=O) groups excluding carboxylic acids is 3. The number of allylic oxidation sites excluding steroid dienone is 1. The summed E-state index contributed by atoms with van der Waals surface area (Å²) in [6, 6.07) is 12.3. The average molecular weight is 365 g/mol. The molecule has 1 aliphatic rings. The number of esters is 1. The molecule has 27 heavy (non-hydrogen) atoms. The number of hydrogen-bond donors (Lipinski definition) is 1. The highest BCUT2D eigenvalue weighted by Gasteiger charge is 2.25. The fourth-order valence-corrected chi connectivity index (χ4v) is 2.60. The summed E-state index contributed by atoms with van der Waals surface area (Å²) in [6.07, 6.45) is -0.291. The van der Waals surface area contributed by atoms with Crippen molar-refractivity contribution in [2.75, 3.05) is 6.61 Å². The lowest BCUT2D eigenvalue weighted by molar-refractivity contribution is -0.133. The van der Waals surface area contributed by atoms with Crippen LogP contribution in [0.5, 0.6) is 11.5 Å². The van der Waals surface area contributed by atoms with Gasteiger partial charge in [-0.25, -0.2) is 0 Å². The maximum absolute atomic E-state index is 12.0. The standard InChI is InChI=1S/C21H19NO5/c1-13(2)15-5-3-14(4-6-15)11-22-20(24)12-26-16-7-8-19-17(9-16)18(23)10-21(25)27-19/h3-9H,1,10-12H2,2H3,(H,22,24). The minimum Gasteiger partial charge on any atom is -0.484 e. The van der Waals surface area contributed by atoms with Crippen LogP contribution in [0.25, 0.3) is 5.57 Å². The third-order valence-corrected chi connectivity index (χ3v) is 4.09. The van der Waals surface area contributed by atoms with Crippen LogP contribution in [-0.2, 0) is 16.1 Å². The normalized spacial score (nSPS) is 12.8. The van der Waals surface area contributed by atoms with E-state index in [0.29, 0.717) is 12.3 Å². The van der Waals surface area contributed by atoms with Crippen LogP contribution >= 0.6 is 0 Å². The molecule has 1 amide bonds. The fraction of sp³-hybridized carbons (Fsp3) is 0.190. The minimum absolute atomic E-state index is 0.184. The molecule has 0 bridgehead atoms. The fourth-order valence-electron chi connectivity index (χ4n) is 2.60. The van der Waals surface area contributed by atoms with Crippen molar-refractivity contribution in [1.82, 2.24) is 5.32 Å². The van der Waals surface area contributed by atoms with Crippen molar-refractivity contribution in [3.05, 3.63) is 65.7 Å². The van der Waals surface area contributed by atoms with E-state index in [2.05, 4.69) is 11.9 Å². The van der Waals surface area contributed by atoms with E-state index < -0.39 is 5.97 Å². The first kappa shape index (κ1) is 18.4. The highest BCUT2D eigenvalue weighted by molar-refractivity contribution is 6.11. The lowest BCUT2D eigenvalue weighted by atomic mass is 10.0. The van der Waals surface area contributed by atoms with Gasteiger partial charge in [-0.05, 0) is 36.2 Å². The van der Waals surface area contributed by atoms with E-state index in [9.17, 15) is 14.4 Å². The Morgan fingerprint density at radius 2 is 1.93 bits per heavy atom. The maximum Gasteiger partial charge on any atom is 0.319 e. The summed E-state index contributed by atoms with van der Waals surface area (Å²) in [7, 11) is 0. The molecule has 138 valence electrons. The molecule has 0 saturated carbocycles. The quantitative estimate of drug-likeness (QED) is 0.484. The number of ketones is 1. The van der Waals surface area contributed by atoms with E-state index in [1.807, 2.05) is 31.2 Å². The molecule has 1 N–H and O–H groups in total. The summed E-state index contributed by atoms with van der Waals surface area (Å²) in [4.78, 5) is 35.1. The first-order chi connectivity index (χ1) is 12.9. The second-order valence-electron chi connectivity index (χ2n) is 6.27. The Labute approximate surface area is 156 Å². The first-order valence-corrected chi connectivity index (χ1v) is 8.44. The van der Waals surface area contributed by atoms with Crippen molar-refractivity contribution >= 4 is 23.2 Å². The molecule has 0 radical (unpaired) electrons. The topological polar surface area (TPSA) is 81.7 Å². The van der Waals surface area contributed by atoms with Gasteiger partial charge >= 0.3 is 5.97 Å². The highest BCUT2D eigenvalue weighted by Crippen LogP contribution is 2.29. The summed E-state index contributed by atoms with van der Waals surface area (Å²) < 4.78 is 10.4. The molecule has 0 unspecified atom stereocenters. The van der Waals surface area contributed by atoms with Gasteiger partial charge in [0.25, 0.3) is 5.91 Å². The molecular weight excluding hydrogens is 346 g/mol. The lowest BCUT2D eigenvalue weighted by Crippen LogP contribution is -2.28. The van der Waals surface area contributed by atoms with E-state index in [1.54, 1.807) is 6.07 Å². The molecule has 0 spiro atoms. The van der Waals surface area contributed by atoms with E-state index >= 15 is 0 Å². The summed E-state index contributed by atoms with van der Waals surface area (Å²) in [5, 5.41) is 2.77. The predicted octanol–water partition coefficient (Wildman–Crippen LogP) is 2.91. The Morgan fingerprint density at radius 3 is 2.63 bits per heavy atom. The van der Waals surface area contributed by atoms with Gasteiger partial charge in [0.15, 0.2) is 12.4 Å². The van der Waals surface area contributed by atoms with Crippen molar-refractivity contribution in [1.29, 1.82) is 0 Å². The number of carbonyl (C=O) groups is 3. The van der Waals surface area contributed by atoms with E-state index in [1.165, 1.54) is 12.1 Å². The van der Waals surface area contributed by atoms with Gasteiger partial charge < -0.3 is 14.8 Å². The Balaban J connectivity index is 1.52. The molecular formula is C21H19NO5. The van der Waals surface area contributed by atoms with Gasteiger partial charge in [-0.3, -0.25) is 14.4 Å². The van der Waals surface area contributed by atoms with Crippen LogP contribution in [0.3, 0.4) is 0 Å². The summed E-state index contributed by atoms with van der Waals surface area (Å²) in [5.74, 6) is -0.604. The van der Waals surface area contributed by atoms with Crippen LogP contribution in [0.1, 0.15) is 34.8 Å². The van der Waals surface area contributed by atoms with Gasteiger partial charge in [0.1, 0.15) is 17.9 Å². The Kier molecular flexibility index (Phi) is 5.35. The SMILES string of the molecule is C=C(C)c1ccc(CNC(=O)COc2ccc3c(c2)C(=O)CC(=O)O3)cc1. The number of nitrogens with one attached hydrogen (secondary N) is 1. The van der Waals surface area contributed by atoms with E-state index in [4.69, 9.17) is 9.47 Å². The zero-order valence-corrected chi connectivity index (χ0v) is 14.9. The zero-order chi connectivity index (χ0) is 19.4. The smallest absolute Gasteiger partial charge is 0.319 e. The number of amides is 1. The average Bonchev–Trinajstić information content (AvgIpc) is 2.65. The van der Waals surface area contributed by atoms with Gasteiger partial charge in [-0.1, -0.05) is 36.4 Å². The second kappa shape index (κ2) is 7.86. The van der Waals surface area contributed by atoms with E-state index in [0.717, 1.165) is 16.7 Å². The van der Waals surface area contributed by atoms with Crippen LogP contribution in [0.4, 0.5) is 0 Å². The number of ether oxygens (including phenoxy) is 2. The monoisotopic (exact) mass is 365 g/mol. The molecule has 0 aromatic heterocycles. The molecule has 3 rings (SSSR count). The Hall–Kier alpha value is -3.41. The number of rotatable bonds is 6. The molecule has 0 fully saturated rings. The van der Waals surface area contributed by atoms with Crippen molar-refractivity contribution in [2.24, 2.45) is 0 Å². The third-order valence-electron chi connectivity index (χ3n) is 4.09. The lowest BCUT2D eigenvalue weighted by Gasteiger charge is -2.15. The highest BCUT2D eigenvalue weighted by atomic mass is 16.5. The molecule has 0 atom stereocenters. The van der Waals surface area contributed by atoms with Crippen LogP contribution in [0, 0.1) is 0 Å². The van der Waals surface area contributed by atoms with Crippen LogP contribution in [-0.4, -0.2) is 24.3 Å². The Morgan fingerprint density at radius 1 is 1.19 bits per heavy atom. The zero-order valence-electron chi connectivity index (χ0n) is 14.9. The summed E-state index contributed by atoms with van der Waals surface area (Å²) >= 11 is 0. The van der Waals surface area contributed by atoms with Gasteiger partial charge in [0.05, 0.1) is 5.56 Å².